The van der Waals surface area contributed by atoms with E-state index in [2.05, 4.69) is 10.0 Å². The lowest BCUT2D eigenvalue weighted by molar-refractivity contribution is 0.0947. The lowest BCUT2D eigenvalue weighted by Gasteiger charge is -2.12. The van der Waals surface area contributed by atoms with Crippen LogP contribution in [0.25, 0.3) is 0 Å². The number of amides is 1. The van der Waals surface area contributed by atoms with Crippen LogP contribution in [0, 0.1) is 20.8 Å². The summed E-state index contributed by atoms with van der Waals surface area (Å²) in [6, 6.07) is 16.8. The molecule has 0 aliphatic heterocycles. The fraction of sp³-hybridized carbons (Fsp3) is 0.208. The van der Waals surface area contributed by atoms with Gasteiger partial charge in [-0.15, -0.1) is 0 Å². The molecule has 0 fully saturated rings. The van der Waals surface area contributed by atoms with Gasteiger partial charge in [-0.3, -0.25) is 9.52 Å². The van der Waals surface area contributed by atoms with Crippen LogP contribution in [-0.2, 0) is 10.0 Å². The number of aryl methyl sites for hydroxylation is 3. The van der Waals surface area contributed by atoms with Gasteiger partial charge in [0.05, 0.1) is 22.2 Å². The van der Waals surface area contributed by atoms with Gasteiger partial charge in [0.25, 0.3) is 15.9 Å². The van der Waals surface area contributed by atoms with Crippen molar-refractivity contribution < 1.29 is 17.9 Å². The Morgan fingerprint density at radius 3 is 2.28 bits per heavy atom. The van der Waals surface area contributed by atoms with Crippen LogP contribution >= 0.6 is 11.6 Å². The summed E-state index contributed by atoms with van der Waals surface area (Å²) >= 11 is 6.23. The van der Waals surface area contributed by atoms with Crippen LogP contribution in [0.3, 0.4) is 0 Å². The molecule has 2 N–H and O–H groups in total. The summed E-state index contributed by atoms with van der Waals surface area (Å²) in [5.41, 5.74) is 3.66. The second-order valence-electron chi connectivity index (χ2n) is 7.49. The molecule has 0 aliphatic rings. The molecule has 32 heavy (non-hydrogen) atoms. The topological polar surface area (TPSA) is 84.5 Å². The highest BCUT2D eigenvalue weighted by atomic mass is 35.5. The maximum Gasteiger partial charge on any atom is 0.261 e. The van der Waals surface area contributed by atoms with E-state index in [9.17, 15) is 13.2 Å². The molecule has 8 heteroatoms. The van der Waals surface area contributed by atoms with Crippen LogP contribution in [0.5, 0.6) is 5.75 Å². The molecule has 3 rings (SSSR count). The molecule has 3 aromatic rings. The van der Waals surface area contributed by atoms with Crippen molar-refractivity contribution in [2.45, 2.75) is 25.7 Å². The van der Waals surface area contributed by atoms with E-state index in [0.29, 0.717) is 18.7 Å². The third kappa shape index (κ3) is 6.02. The van der Waals surface area contributed by atoms with Crippen molar-refractivity contribution in [3.63, 3.8) is 0 Å². The number of rotatable bonds is 8. The number of halogens is 1. The van der Waals surface area contributed by atoms with E-state index < -0.39 is 10.0 Å². The molecule has 6 nitrogen and oxygen atoms in total. The molecule has 3 aromatic carbocycles. The molecule has 1 amide bonds. The monoisotopic (exact) mass is 472 g/mol. The molecular formula is C24H25ClN2O4S. The van der Waals surface area contributed by atoms with Crippen LogP contribution in [0.1, 0.15) is 27.0 Å². The lowest BCUT2D eigenvalue weighted by atomic mass is 10.1. The highest BCUT2D eigenvalue weighted by Gasteiger charge is 2.17. The van der Waals surface area contributed by atoms with Gasteiger partial charge in [-0.1, -0.05) is 47.0 Å². The van der Waals surface area contributed by atoms with Gasteiger partial charge in [-0.25, -0.2) is 8.42 Å². The lowest BCUT2D eigenvalue weighted by Crippen LogP contribution is -2.28. The molecule has 0 bridgehead atoms. The van der Waals surface area contributed by atoms with Crippen molar-refractivity contribution in [2.24, 2.45) is 0 Å². The Labute approximate surface area is 193 Å². The third-order valence-corrected chi connectivity index (χ3v) is 6.48. The number of hydrogen-bond donors (Lipinski definition) is 2. The van der Waals surface area contributed by atoms with Crippen molar-refractivity contribution in [1.82, 2.24) is 5.32 Å². The number of hydrogen-bond acceptors (Lipinski definition) is 4. The van der Waals surface area contributed by atoms with E-state index in [-0.39, 0.29) is 21.5 Å². The minimum atomic E-state index is -3.79. The quantitative estimate of drug-likeness (QED) is 0.458. The van der Waals surface area contributed by atoms with Gasteiger partial charge in [0.2, 0.25) is 0 Å². The van der Waals surface area contributed by atoms with Crippen molar-refractivity contribution in [3.05, 3.63) is 87.9 Å². The van der Waals surface area contributed by atoms with E-state index in [1.807, 2.05) is 39.0 Å². The Morgan fingerprint density at radius 1 is 0.938 bits per heavy atom. The minimum Gasteiger partial charge on any atom is -0.491 e. The average Bonchev–Trinajstić information content (AvgIpc) is 2.74. The van der Waals surface area contributed by atoms with E-state index in [4.69, 9.17) is 16.3 Å². The number of sulfonamides is 1. The molecule has 0 saturated carbocycles. The fourth-order valence-electron chi connectivity index (χ4n) is 3.05. The molecule has 0 unspecified atom stereocenters. The maximum atomic E-state index is 12.6. The smallest absolute Gasteiger partial charge is 0.261 e. The molecule has 0 spiro atoms. The molecule has 0 aliphatic carbocycles. The normalized spacial score (nSPS) is 11.1. The molecule has 0 aromatic heterocycles. The van der Waals surface area contributed by atoms with Crippen molar-refractivity contribution in [2.75, 3.05) is 17.9 Å². The number of nitrogens with one attached hydrogen (secondary N) is 2. The SMILES string of the molecule is Cc1ccc(S(=O)(=O)Nc2ccc(C(=O)NCCOc3ccc(C)cc3C)cc2Cl)cc1. The molecule has 0 saturated heterocycles. The zero-order chi connectivity index (χ0) is 23.3. The van der Waals surface area contributed by atoms with E-state index in [1.165, 1.54) is 30.3 Å². The number of anilines is 1. The van der Waals surface area contributed by atoms with Gasteiger partial charge in [0, 0.05) is 5.56 Å². The predicted molar refractivity (Wildman–Crippen MR) is 127 cm³/mol. The van der Waals surface area contributed by atoms with E-state index >= 15 is 0 Å². The number of carbonyl (C=O) groups excluding carboxylic acids is 1. The fourth-order valence-corrected chi connectivity index (χ4v) is 4.41. The zero-order valence-electron chi connectivity index (χ0n) is 18.1. The summed E-state index contributed by atoms with van der Waals surface area (Å²) in [4.78, 5) is 12.5. The largest absolute Gasteiger partial charge is 0.491 e. The molecule has 0 radical (unpaired) electrons. The van der Waals surface area contributed by atoms with Crippen molar-refractivity contribution >= 4 is 33.2 Å². The zero-order valence-corrected chi connectivity index (χ0v) is 19.7. The number of benzene rings is 3. The second kappa shape index (κ2) is 10.1. The second-order valence-corrected chi connectivity index (χ2v) is 9.58. The van der Waals surface area contributed by atoms with Crippen molar-refractivity contribution in [3.8, 4) is 5.75 Å². The van der Waals surface area contributed by atoms with Gasteiger partial charge in [-0.05, 0) is 62.7 Å². The first kappa shape index (κ1) is 23.6. The van der Waals surface area contributed by atoms with Crippen LogP contribution in [0.4, 0.5) is 5.69 Å². The van der Waals surface area contributed by atoms with Crippen LogP contribution in [0.2, 0.25) is 5.02 Å². The van der Waals surface area contributed by atoms with Crippen LogP contribution in [0.15, 0.2) is 65.6 Å². The Kier molecular flexibility index (Phi) is 7.43. The summed E-state index contributed by atoms with van der Waals surface area (Å²) in [5, 5.41) is 2.89. The predicted octanol–water partition coefficient (Wildman–Crippen LogP) is 4.87. The average molecular weight is 473 g/mol. The van der Waals surface area contributed by atoms with Gasteiger partial charge in [0.15, 0.2) is 0 Å². The van der Waals surface area contributed by atoms with E-state index in [0.717, 1.165) is 22.4 Å². The summed E-state index contributed by atoms with van der Waals surface area (Å²) in [6.45, 7) is 6.49. The van der Waals surface area contributed by atoms with Gasteiger partial charge in [0.1, 0.15) is 12.4 Å². The Morgan fingerprint density at radius 2 is 1.62 bits per heavy atom. The summed E-state index contributed by atoms with van der Waals surface area (Å²) in [7, 11) is -3.79. The third-order valence-electron chi connectivity index (χ3n) is 4.78. The molecule has 0 atom stereocenters. The first-order valence-corrected chi connectivity index (χ1v) is 11.9. The molecule has 168 valence electrons. The van der Waals surface area contributed by atoms with Crippen molar-refractivity contribution in [1.29, 1.82) is 0 Å². The Bertz CT molecular complexity index is 1230. The number of ether oxygens (including phenoxy) is 1. The van der Waals surface area contributed by atoms with E-state index in [1.54, 1.807) is 12.1 Å². The molecular weight excluding hydrogens is 448 g/mol. The molecule has 0 heterocycles. The highest BCUT2D eigenvalue weighted by molar-refractivity contribution is 7.92. The standard InChI is InChI=1S/C24H25ClN2O4S/c1-16-4-8-20(9-5-16)32(29,30)27-22-10-7-19(15-21(22)25)24(28)26-12-13-31-23-11-6-17(2)14-18(23)3/h4-11,14-15,27H,12-13H2,1-3H3,(H,26,28). The summed E-state index contributed by atoms with van der Waals surface area (Å²) < 4.78 is 33.3. The number of carbonyl (C=O) groups is 1. The minimum absolute atomic E-state index is 0.125. The van der Waals surface area contributed by atoms with Crippen LogP contribution < -0.4 is 14.8 Å². The van der Waals surface area contributed by atoms with Gasteiger partial charge < -0.3 is 10.1 Å². The Balaban J connectivity index is 1.58. The first-order chi connectivity index (χ1) is 15.2. The highest BCUT2D eigenvalue weighted by Crippen LogP contribution is 2.26. The van der Waals surface area contributed by atoms with Gasteiger partial charge in [-0.2, -0.15) is 0 Å². The Hall–Kier alpha value is -3.03. The first-order valence-electron chi connectivity index (χ1n) is 10.0. The maximum absolute atomic E-state index is 12.6. The summed E-state index contributed by atoms with van der Waals surface area (Å²) in [5.74, 6) is 0.446. The van der Waals surface area contributed by atoms with Gasteiger partial charge >= 0.3 is 0 Å². The summed E-state index contributed by atoms with van der Waals surface area (Å²) in [6.07, 6.45) is 0. The van der Waals surface area contributed by atoms with Crippen LogP contribution in [-0.4, -0.2) is 27.5 Å².